The summed E-state index contributed by atoms with van der Waals surface area (Å²) in [6, 6.07) is -0.403. The van der Waals surface area contributed by atoms with Crippen molar-refractivity contribution in [2.45, 2.75) is 64.2 Å². The fourth-order valence-electron chi connectivity index (χ4n) is 5.26. The maximum Gasteiger partial charge on any atom is 0.321 e. The van der Waals surface area contributed by atoms with Gasteiger partial charge in [-0.2, -0.15) is 0 Å². The molecule has 2 aliphatic carbocycles. The topological polar surface area (TPSA) is 93.1 Å². The number of nitrogens with zero attached hydrogens (tertiary/aromatic N) is 2. The third-order valence-corrected chi connectivity index (χ3v) is 9.02. The highest BCUT2D eigenvalue weighted by atomic mass is 32.2. The van der Waals surface area contributed by atoms with Gasteiger partial charge >= 0.3 is 6.03 Å². The Morgan fingerprint density at radius 1 is 1.34 bits per heavy atom. The SMILES string of the molecule is C=CCn1c(SCC(=O)NC(=O)N[C@@H](C)[C@H]2C[C@@H]3CC[C@@H]2C3)nc2sc(C)c(C)c2c1=O. The number of carbonyl (C=O) groups is 2. The maximum atomic E-state index is 13.0. The first-order chi connectivity index (χ1) is 15.3. The van der Waals surface area contributed by atoms with Gasteiger partial charge in [0.15, 0.2) is 5.16 Å². The number of nitrogens with one attached hydrogen (secondary N) is 2. The van der Waals surface area contributed by atoms with Crippen molar-refractivity contribution in [3.63, 3.8) is 0 Å². The van der Waals surface area contributed by atoms with Gasteiger partial charge in [0, 0.05) is 17.5 Å². The van der Waals surface area contributed by atoms with Gasteiger partial charge in [0.25, 0.3) is 5.56 Å². The molecule has 4 atom stereocenters. The van der Waals surface area contributed by atoms with E-state index in [9.17, 15) is 14.4 Å². The Bertz CT molecular complexity index is 1120. The molecule has 2 fully saturated rings. The highest BCUT2D eigenvalue weighted by molar-refractivity contribution is 7.99. The van der Waals surface area contributed by atoms with Crippen LogP contribution in [0.4, 0.5) is 4.79 Å². The number of urea groups is 1. The van der Waals surface area contributed by atoms with Gasteiger partial charge in [-0.3, -0.25) is 19.5 Å². The summed E-state index contributed by atoms with van der Waals surface area (Å²) in [7, 11) is 0. The number of thiophene rings is 1. The fraction of sp³-hybridized carbons (Fsp3) is 0.565. The summed E-state index contributed by atoms with van der Waals surface area (Å²) in [5.74, 6) is 1.60. The van der Waals surface area contributed by atoms with Crippen LogP contribution in [0.3, 0.4) is 0 Å². The third kappa shape index (κ3) is 4.50. The third-order valence-electron chi connectivity index (χ3n) is 6.94. The van der Waals surface area contributed by atoms with Crippen molar-refractivity contribution >= 4 is 45.3 Å². The number of hydrogen-bond acceptors (Lipinski definition) is 6. The highest BCUT2D eigenvalue weighted by Gasteiger charge is 2.42. The molecule has 9 heteroatoms. The molecule has 2 aromatic heterocycles. The first kappa shape index (κ1) is 23.0. The molecule has 0 aliphatic heterocycles. The van der Waals surface area contributed by atoms with Crippen molar-refractivity contribution < 1.29 is 9.59 Å². The van der Waals surface area contributed by atoms with Crippen LogP contribution in [0, 0.1) is 31.6 Å². The number of allylic oxidation sites excluding steroid dienone is 1. The number of imide groups is 1. The minimum Gasteiger partial charge on any atom is -0.335 e. The summed E-state index contributed by atoms with van der Waals surface area (Å²) in [6.45, 7) is 9.96. The molecule has 2 bridgehead atoms. The Kier molecular flexibility index (Phi) is 6.76. The number of aryl methyl sites for hydroxylation is 2. The van der Waals surface area contributed by atoms with Crippen molar-refractivity contribution in [2.75, 3.05) is 5.75 Å². The van der Waals surface area contributed by atoms with Gasteiger partial charge in [-0.25, -0.2) is 9.78 Å². The standard InChI is InChI=1S/C23H30N4O3S2/c1-5-8-27-21(29)19-12(2)14(4)32-20(19)26-23(27)31-11-18(28)25-22(30)24-13(3)17-10-15-6-7-16(17)9-15/h5,13,15-17H,1,6-11H2,2-4H3,(H2,24,25,28,30)/t13-,15+,16+,17+/m0/s1. The van der Waals surface area contributed by atoms with Crippen LogP contribution in [0.5, 0.6) is 0 Å². The van der Waals surface area contributed by atoms with Crippen LogP contribution in [0.2, 0.25) is 0 Å². The largest absolute Gasteiger partial charge is 0.335 e. The number of thioether (sulfide) groups is 1. The normalized spacial score (nSPS) is 22.8. The summed E-state index contributed by atoms with van der Waals surface area (Å²) in [4.78, 5) is 44.1. The Hall–Kier alpha value is -2.13. The van der Waals surface area contributed by atoms with E-state index < -0.39 is 11.9 Å². The molecular formula is C23H30N4O3S2. The maximum absolute atomic E-state index is 13.0. The zero-order valence-corrected chi connectivity index (χ0v) is 20.4. The predicted molar refractivity (Wildman–Crippen MR) is 129 cm³/mol. The van der Waals surface area contributed by atoms with E-state index in [0.29, 0.717) is 33.8 Å². The molecule has 0 unspecified atom stereocenters. The minimum atomic E-state index is -0.456. The Morgan fingerprint density at radius 2 is 2.12 bits per heavy atom. The van der Waals surface area contributed by atoms with Crippen LogP contribution < -0.4 is 16.2 Å². The Morgan fingerprint density at radius 3 is 2.78 bits per heavy atom. The predicted octanol–water partition coefficient (Wildman–Crippen LogP) is 4.00. The highest BCUT2D eigenvalue weighted by Crippen LogP contribution is 2.49. The molecule has 0 spiro atoms. The van der Waals surface area contributed by atoms with Crippen LogP contribution in [0.15, 0.2) is 22.6 Å². The molecule has 32 heavy (non-hydrogen) atoms. The summed E-state index contributed by atoms with van der Waals surface area (Å²) < 4.78 is 1.53. The lowest BCUT2D eigenvalue weighted by atomic mass is 9.84. The number of fused-ring (bicyclic) bond motifs is 3. The number of hydrogen-bond donors (Lipinski definition) is 2. The van der Waals surface area contributed by atoms with Gasteiger partial charge in [0.05, 0.1) is 11.1 Å². The number of aromatic nitrogens is 2. The van der Waals surface area contributed by atoms with Gasteiger partial charge < -0.3 is 5.32 Å². The average molecular weight is 475 g/mol. The van der Waals surface area contributed by atoms with E-state index in [0.717, 1.165) is 28.1 Å². The second-order valence-corrected chi connectivity index (χ2v) is 11.1. The lowest BCUT2D eigenvalue weighted by Crippen LogP contribution is -2.47. The molecule has 0 aromatic carbocycles. The van der Waals surface area contributed by atoms with Crippen molar-refractivity contribution in [3.8, 4) is 0 Å². The smallest absolute Gasteiger partial charge is 0.321 e. The molecule has 2 aromatic rings. The van der Waals surface area contributed by atoms with Gasteiger partial charge in [0.2, 0.25) is 5.91 Å². The van der Waals surface area contributed by atoms with Crippen molar-refractivity contribution in [2.24, 2.45) is 17.8 Å². The van der Waals surface area contributed by atoms with Crippen molar-refractivity contribution in [3.05, 3.63) is 33.4 Å². The number of carbonyl (C=O) groups excluding carboxylic acids is 2. The zero-order chi connectivity index (χ0) is 23.0. The molecule has 2 aliphatic rings. The second kappa shape index (κ2) is 9.39. The molecule has 0 saturated heterocycles. The quantitative estimate of drug-likeness (QED) is 0.359. The summed E-state index contributed by atoms with van der Waals surface area (Å²) in [5.41, 5.74) is 0.813. The fourth-order valence-corrected chi connectivity index (χ4v) is 7.14. The summed E-state index contributed by atoms with van der Waals surface area (Å²) in [5, 5.41) is 6.45. The van der Waals surface area contributed by atoms with E-state index >= 15 is 0 Å². The Labute approximate surface area is 196 Å². The van der Waals surface area contributed by atoms with Gasteiger partial charge in [-0.1, -0.05) is 24.3 Å². The summed E-state index contributed by atoms with van der Waals surface area (Å²) >= 11 is 2.63. The lowest BCUT2D eigenvalue weighted by Gasteiger charge is -2.28. The van der Waals surface area contributed by atoms with Gasteiger partial charge in [-0.05, 0) is 63.4 Å². The molecule has 172 valence electrons. The van der Waals surface area contributed by atoms with Gasteiger partial charge in [-0.15, -0.1) is 17.9 Å². The van der Waals surface area contributed by atoms with Crippen LogP contribution in [0.1, 0.15) is 43.0 Å². The first-order valence-corrected chi connectivity index (χ1v) is 12.9. The molecule has 7 nitrogen and oxygen atoms in total. The van der Waals surface area contributed by atoms with Crippen LogP contribution in [-0.4, -0.2) is 33.3 Å². The molecule has 2 heterocycles. The molecular weight excluding hydrogens is 444 g/mol. The van der Waals surface area contributed by atoms with E-state index in [-0.39, 0.29) is 17.4 Å². The van der Waals surface area contributed by atoms with Gasteiger partial charge in [0.1, 0.15) is 4.83 Å². The van der Waals surface area contributed by atoms with Crippen molar-refractivity contribution in [1.82, 2.24) is 20.2 Å². The zero-order valence-electron chi connectivity index (χ0n) is 18.8. The first-order valence-electron chi connectivity index (χ1n) is 11.1. The molecule has 4 rings (SSSR count). The van der Waals surface area contributed by atoms with Crippen LogP contribution in [0.25, 0.3) is 10.2 Å². The van der Waals surface area contributed by atoms with E-state index in [2.05, 4.69) is 22.2 Å². The average Bonchev–Trinajstić information content (AvgIpc) is 3.44. The van der Waals surface area contributed by atoms with E-state index in [1.165, 1.54) is 41.6 Å². The van der Waals surface area contributed by atoms with E-state index in [4.69, 9.17) is 0 Å². The molecule has 2 N–H and O–H groups in total. The monoisotopic (exact) mass is 474 g/mol. The summed E-state index contributed by atoms with van der Waals surface area (Å²) in [6.07, 6.45) is 6.66. The van der Waals surface area contributed by atoms with Crippen molar-refractivity contribution in [1.29, 1.82) is 0 Å². The Balaban J connectivity index is 1.38. The minimum absolute atomic E-state index is 0.00560. The van der Waals surface area contributed by atoms with Crippen LogP contribution >= 0.6 is 23.1 Å². The lowest BCUT2D eigenvalue weighted by molar-refractivity contribution is -0.117. The molecule has 0 radical (unpaired) electrons. The number of amides is 3. The second-order valence-electron chi connectivity index (χ2n) is 9.00. The molecule has 3 amide bonds. The van der Waals surface area contributed by atoms with E-state index in [1.807, 2.05) is 20.8 Å². The van der Waals surface area contributed by atoms with Crippen LogP contribution in [-0.2, 0) is 11.3 Å². The van der Waals surface area contributed by atoms with E-state index in [1.54, 1.807) is 6.08 Å². The molecule has 2 saturated carbocycles. The number of rotatable bonds is 7.